The topological polar surface area (TPSA) is 37.3 Å². The summed E-state index contributed by atoms with van der Waals surface area (Å²) in [5.74, 6) is -1.08. The summed E-state index contributed by atoms with van der Waals surface area (Å²) in [4.78, 5) is 10.8. The summed E-state index contributed by atoms with van der Waals surface area (Å²) in [6, 6.07) is 0. The van der Waals surface area contributed by atoms with Crippen LogP contribution in [-0.2, 0) is 4.79 Å². The number of rotatable bonds is 7. The van der Waals surface area contributed by atoms with Crippen molar-refractivity contribution < 1.29 is 9.90 Å². The number of allylic oxidation sites excluding steroid dienone is 10. The molecule has 1 unspecified atom stereocenters. The second kappa shape index (κ2) is 9.60. The molecule has 1 atom stereocenters. The van der Waals surface area contributed by atoms with Gasteiger partial charge in [0.15, 0.2) is 0 Å². The zero-order chi connectivity index (χ0) is 19.0. The molecule has 0 aromatic rings. The van der Waals surface area contributed by atoms with E-state index in [0.29, 0.717) is 6.42 Å². The molecule has 1 aliphatic rings. The van der Waals surface area contributed by atoms with Crippen molar-refractivity contribution in [1.82, 2.24) is 0 Å². The van der Waals surface area contributed by atoms with E-state index in [1.165, 1.54) is 36.0 Å². The zero-order valence-corrected chi connectivity index (χ0v) is 16.7. The summed E-state index contributed by atoms with van der Waals surface area (Å²) in [6.07, 6.45) is 16.9. The average Bonchev–Trinajstić information content (AvgIpc) is 2.51. The Bertz CT molecular complexity index is 624. The smallest absolute Gasteiger partial charge is 0.306 e. The third-order valence-corrected chi connectivity index (χ3v) is 4.99. The number of hydrogen-bond donors (Lipinski definition) is 1. The van der Waals surface area contributed by atoms with Crippen LogP contribution in [0, 0.1) is 11.3 Å². The first-order valence-electron chi connectivity index (χ1n) is 9.26. The van der Waals surface area contributed by atoms with Crippen LogP contribution in [0.25, 0.3) is 0 Å². The Balaban J connectivity index is 2.69. The fraction of sp³-hybridized carbons (Fsp3) is 0.522. The van der Waals surface area contributed by atoms with E-state index in [1.54, 1.807) is 6.92 Å². The minimum atomic E-state index is -0.746. The van der Waals surface area contributed by atoms with E-state index in [9.17, 15) is 4.79 Å². The Hall–Kier alpha value is -1.83. The van der Waals surface area contributed by atoms with Crippen molar-refractivity contribution in [2.45, 2.75) is 67.2 Å². The van der Waals surface area contributed by atoms with E-state index in [2.05, 4.69) is 45.9 Å². The molecule has 0 fully saturated rings. The van der Waals surface area contributed by atoms with Gasteiger partial charge in [0.1, 0.15) is 0 Å². The van der Waals surface area contributed by atoms with E-state index in [0.717, 1.165) is 5.57 Å². The van der Waals surface area contributed by atoms with Crippen LogP contribution in [0.4, 0.5) is 0 Å². The van der Waals surface area contributed by atoms with Crippen molar-refractivity contribution >= 4 is 5.97 Å². The van der Waals surface area contributed by atoms with E-state index in [1.807, 2.05) is 25.2 Å². The predicted molar refractivity (Wildman–Crippen MR) is 108 cm³/mol. The van der Waals surface area contributed by atoms with Gasteiger partial charge in [0.05, 0.1) is 5.92 Å². The van der Waals surface area contributed by atoms with Crippen LogP contribution in [0.15, 0.2) is 58.7 Å². The van der Waals surface area contributed by atoms with Gasteiger partial charge in [-0.25, -0.2) is 0 Å². The number of hydrogen-bond acceptors (Lipinski definition) is 1. The van der Waals surface area contributed by atoms with Gasteiger partial charge in [0.25, 0.3) is 0 Å². The first-order valence-corrected chi connectivity index (χ1v) is 9.26. The lowest BCUT2D eigenvalue weighted by molar-refractivity contribution is -0.140. The maximum Gasteiger partial charge on any atom is 0.306 e. The lowest BCUT2D eigenvalue weighted by Gasteiger charge is -2.32. The lowest BCUT2D eigenvalue weighted by atomic mass is 9.72. The molecule has 0 aromatic carbocycles. The van der Waals surface area contributed by atoms with Crippen LogP contribution in [0.1, 0.15) is 67.2 Å². The molecule has 0 aliphatic heterocycles. The normalized spacial score (nSPS) is 20.6. The Labute approximate surface area is 153 Å². The molecule has 0 aromatic heterocycles. The highest BCUT2D eigenvalue weighted by atomic mass is 16.4. The molecule has 0 amide bonds. The molecule has 0 saturated heterocycles. The van der Waals surface area contributed by atoms with Crippen molar-refractivity contribution in [2.24, 2.45) is 11.3 Å². The third kappa shape index (κ3) is 7.29. The van der Waals surface area contributed by atoms with Crippen LogP contribution < -0.4 is 0 Å². The van der Waals surface area contributed by atoms with Gasteiger partial charge in [-0.15, -0.1) is 0 Å². The quantitative estimate of drug-likeness (QED) is 0.527. The van der Waals surface area contributed by atoms with Crippen molar-refractivity contribution in [2.75, 3.05) is 0 Å². The average molecular weight is 343 g/mol. The number of carbonyl (C=O) groups is 1. The molecule has 0 saturated carbocycles. The Morgan fingerprint density at radius 3 is 2.52 bits per heavy atom. The highest BCUT2D eigenvalue weighted by Gasteiger charge is 2.26. The van der Waals surface area contributed by atoms with Gasteiger partial charge in [-0.05, 0) is 57.4 Å². The molecule has 1 rings (SSSR count). The number of carboxylic acids is 1. The van der Waals surface area contributed by atoms with Gasteiger partial charge in [0, 0.05) is 0 Å². The van der Waals surface area contributed by atoms with Gasteiger partial charge in [-0.1, -0.05) is 73.9 Å². The third-order valence-electron chi connectivity index (χ3n) is 4.99. The standard InChI is InChI=1S/C23H34O2/c1-17(12-14-20(4)22(24)25)9-7-10-18(2)13-15-21-19(3)11-8-16-23(21,5)6/h7,9-10,12-13,15,20H,8,11,14,16H2,1-6H3,(H,24,25). The SMILES string of the molecule is CC(C=CC1=C(C)CCCC1(C)C)=CC=CC(C)=CCC(C)C(=O)O. The summed E-state index contributed by atoms with van der Waals surface area (Å²) in [5.41, 5.74) is 5.57. The summed E-state index contributed by atoms with van der Waals surface area (Å²) < 4.78 is 0. The molecule has 1 aliphatic carbocycles. The van der Waals surface area contributed by atoms with Crippen molar-refractivity contribution in [3.63, 3.8) is 0 Å². The maximum absolute atomic E-state index is 10.8. The molecular weight excluding hydrogens is 308 g/mol. The Morgan fingerprint density at radius 1 is 1.24 bits per heavy atom. The first kappa shape index (κ1) is 21.2. The molecule has 25 heavy (non-hydrogen) atoms. The van der Waals surface area contributed by atoms with Crippen molar-refractivity contribution in [1.29, 1.82) is 0 Å². The summed E-state index contributed by atoms with van der Waals surface area (Å²) >= 11 is 0. The summed E-state index contributed by atoms with van der Waals surface area (Å²) in [5, 5.41) is 8.90. The van der Waals surface area contributed by atoms with Gasteiger partial charge in [0.2, 0.25) is 0 Å². The monoisotopic (exact) mass is 342 g/mol. The molecule has 0 spiro atoms. The van der Waals surface area contributed by atoms with E-state index in [4.69, 9.17) is 5.11 Å². The van der Waals surface area contributed by atoms with Gasteiger partial charge in [-0.2, -0.15) is 0 Å². The summed E-state index contributed by atoms with van der Waals surface area (Å²) in [6.45, 7) is 12.8. The lowest BCUT2D eigenvalue weighted by Crippen LogP contribution is -2.19. The maximum atomic E-state index is 10.8. The van der Waals surface area contributed by atoms with Crippen LogP contribution in [0.3, 0.4) is 0 Å². The van der Waals surface area contributed by atoms with Crippen LogP contribution in [0.5, 0.6) is 0 Å². The molecule has 0 heterocycles. The van der Waals surface area contributed by atoms with Crippen LogP contribution in [0.2, 0.25) is 0 Å². The Kier molecular flexibility index (Phi) is 8.15. The predicted octanol–water partition coefficient (Wildman–Crippen LogP) is 6.63. The second-order valence-corrected chi connectivity index (χ2v) is 7.96. The van der Waals surface area contributed by atoms with Crippen LogP contribution in [-0.4, -0.2) is 11.1 Å². The van der Waals surface area contributed by atoms with Gasteiger partial charge in [-0.3, -0.25) is 4.79 Å². The second-order valence-electron chi connectivity index (χ2n) is 7.96. The highest BCUT2D eigenvalue weighted by molar-refractivity contribution is 5.69. The molecule has 1 N–H and O–H groups in total. The van der Waals surface area contributed by atoms with Crippen molar-refractivity contribution in [3.05, 3.63) is 58.7 Å². The fourth-order valence-corrected chi connectivity index (χ4v) is 3.16. The van der Waals surface area contributed by atoms with Crippen LogP contribution >= 0.6 is 0 Å². The molecule has 0 radical (unpaired) electrons. The largest absolute Gasteiger partial charge is 0.481 e. The number of aliphatic carboxylic acids is 1. The summed E-state index contributed by atoms with van der Waals surface area (Å²) in [7, 11) is 0. The number of carboxylic acid groups (broad SMARTS) is 1. The molecular formula is C23H34O2. The molecule has 0 bridgehead atoms. The first-order chi connectivity index (χ1) is 11.6. The minimum Gasteiger partial charge on any atom is -0.481 e. The molecule has 2 nitrogen and oxygen atoms in total. The van der Waals surface area contributed by atoms with E-state index >= 15 is 0 Å². The molecule has 138 valence electrons. The zero-order valence-electron chi connectivity index (χ0n) is 16.7. The van der Waals surface area contributed by atoms with Gasteiger partial charge >= 0.3 is 5.97 Å². The minimum absolute atomic E-state index is 0.273. The molecule has 2 heteroatoms. The van der Waals surface area contributed by atoms with E-state index in [-0.39, 0.29) is 11.3 Å². The Morgan fingerprint density at radius 2 is 1.92 bits per heavy atom. The fourth-order valence-electron chi connectivity index (χ4n) is 3.16. The highest BCUT2D eigenvalue weighted by Crippen LogP contribution is 2.40. The van der Waals surface area contributed by atoms with Gasteiger partial charge < -0.3 is 5.11 Å². The van der Waals surface area contributed by atoms with Crippen molar-refractivity contribution in [3.8, 4) is 0 Å². The van der Waals surface area contributed by atoms with E-state index < -0.39 is 5.97 Å².